The molecule has 0 amide bonds. The van der Waals surface area contributed by atoms with Crippen LogP contribution in [0.3, 0.4) is 0 Å². The number of ether oxygens (including phenoxy) is 1. The summed E-state index contributed by atoms with van der Waals surface area (Å²) in [5.41, 5.74) is 0.641. The highest BCUT2D eigenvalue weighted by molar-refractivity contribution is 6.07. The first-order valence-electron chi connectivity index (χ1n) is 7.17. The van der Waals surface area contributed by atoms with Gasteiger partial charge in [-0.3, -0.25) is 9.59 Å². The number of aromatic hydroxyl groups is 1. The van der Waals surface area contributed by atoms with Crippen LogP contribution in [0.1, 0.15) is 16.2 Å². The molecule has 0 spiro atoms. The second-order valence-corrected chi connectivity index (χ2v) is 5.05. The molecule has 1 heterocycles. The summed E-state index contributed by atoms with van der Waals surface area (Å²) in [6.07, 6.45) is 2.74. The predicted molar refractivity (Wildman–Crippen MR) is 90.4 cm³/mol. The highest BCUT2D eigenvalue weighted by Crippen LogP contribution is 2.26. The lowest BCUT2D eigenvalue weighted by atomic mass is 10.1. The number of carbonyl (C=O) groups excluding carboxylic acids is 1. The number of methoxy groups -OCH3 is 1. The van der Waals surface area contributed by atoms with Gasteiger partial charge in [-0.25, -0.2) is 4.98 Å². The van der Waals surface area contributed by atoms with E-state index in [0.29, 0.717) is 16.5 Å². The van der Waals surface area contributed by atoms with E-state index in [0.717, 1.165) is 0 Å². The van der Waals surface area contributed by atoms with Crippen molar-refractivity contribution in [2.45, 2.75) is 0 Å². The van der Waals surface area contributed by atoms with E-state index in [4.69, 9.17) is 4.74 Å². The fourth-order valence-electron chi connectivity index (χ4n) is 2.27. The molecule has 0 atom stereocenters. The molecule has 24 heavy (non-hydrogen) atoms. The number of carbonyl (C=O) groups is 1. The van der Waals surface area contributed by atoms with Gasteiger partial charge < -0.3 is 14.8 Å². The van der Waals surface area contributed by atoms with Crippen molar-refractivity contribution in [1.82, 2.24) is 9.97 Å². The van der Waals surface area contributed by atoms with Gasteiger partial charge in [0, 0.05) is 5.56 Å². The number of nitrogens with zero attached hydrogens (tertiary/aromatic N) is 1. The molecule has 3 rings (SSSR count). The van der Waals surface area contributed by atoms with Gasteiger partial charge in [0.2, 0.25) is 0 Å². The first kappa shape index (κ1) is 15.5. The molecule has 6 nitrogen and oxygen atoms in total. The lowest BCUT2D eigenvalue weighted by Gasteiger charge is -2.04. The molecule has 2 aromatic carbocycles. The molecular weight excluding hydrogens is 308 g/mol. The van der Waals surface area contributed by atoms with Crippen LogP contribution in [-0.4, -0.2) is 28.0 Å². The van der Waals surface area contributed by atoms with Gasteiger partial charge in [0.15, 0.2) is 17.3 Å². The predicted octanol–water partition coefficient (Wildman–Crippen LogP) is 2.53. The molecule has 0 aliphatic carbocycles. The molecule has 0 fully saturated rings. The maximum atomic E-state index is 12.2. The molecule has 0 bridgehead atoms. The second kappa shape index (κ2) is 6.37. The Labute approximate surface area is 137 Å². The minimum absolute atomic E-state index is 0.0430. The molecule has 120 valence electrons. The second-order valence-electron chi connectivity index (χ2n) is 5.05. The smallest absolute Gasteiger partial charge is 0.259 e. The highest BCUT2D eigenvalue weighted by Gasteiger charge is 2.08. The van der Waals surface area contributed by atoms with E-state index in [2.05, 4.69) is 9.97 Å². The summed E-state index contributed by atoms with van der Waals surface area (Å²) in [5.74, 6) is 0.159. The Morgan fingerprint density at radius 2 is 2.04 bits per heavy atom. The van der Waals surface area contributed by atoms with Crippen molar-refractivity contribution in [3.8, 4) is 11.5 Å². The quantitative estimate of drug-likeness (QED) is 0.569. The van der Waals surface area contributed by atoms with Crippen LogP contribution < -0.4 is 10.3 Å². The van der Waals surface area contributed by atoms with Crippen molar-refractivity contribution in [3.63, 3.8) is 0 Å². The summed E-state index contributed by atoms with van der Waals surface area (Å²) in [5, 5.41) is 10.0. The summed E-state index contributed by atoms with van der Waals surface area (Å²) < 4.78 is 4.98. The van der Waals surface area contributed by atoms with Crippen LogP contribution in [0.2, 0.25) is 0 Å². The number of phenolic OH excluding ortho intramolecular Hbond substituents is 1. The van der Waals surface area contributed by atoms with Crippen LogP contribution in [0.25, 0.3) is 17.0 Å². The topological polar surface area (TPSA) is 92.3 Å². The number of benzene rings is 2. The number of rotatable bonds is 4. The van der Waals surface area contributed by atoms with Crippen molar-refractivity contribution in [1.29, 1.82) is 0 Å². The monoisotopic (exact) mass is 322 g/mol. The summed E-state index contributed by atoms with van der Waals surface area (Å²) in [6, 6.07) is 11.3. The van der Waals surface area contributed by atoms with E-state index >= 15 is 0 Å². The van der Waals surface area contributed by atoms with E-state index in [-0.39, 0.29) is 28.7 Å². The van der Waals surface area contributed by atoms with Crippen molar-refractivity contribution in [2.24, 2.45) is 0 Å². The third-order valence-electron chi connectivity index (χ3n) is 3.49. The standard InChI is InChI=1S/C18H14N2O4/c1-24-16-10-11(6-7-15(16)22)14(21)8-9-17-19-13-5-3-2-4-12(13)18(23)20-17/h2-10,22H,1H3,(H,19,20,23)/b9-8+. The molecule has 2 N–H and O–H groups in total. The molecule has 0 radical (unpaired) electrons. The Kier molecular flexibility index (Phi) is 4.11. The zero-order valence-corrected chi connectivity index (χ0v) is 12.8. The molecule has 0 saturated carbocycles. The Morgan fingerprint density at radius 1 is 1.25 bits per heavy atom. The van der Waals surface area contributed by atoms with Crippen LogP contribution in [-0.2, 0) is 0 Å². The Morgan fingerprint density at radius 3 is 2.83 bits per heavy atom. The Bertz CT molecular complexity index is 1010. The Balaban J connectivity index is 1.90. The number of ketones is 1. The summed E-state index contributed by atoms with van der Waals surface area (Å²) in [6.45, 7) is 0. The molecule has 0 saturated heterocycles. The number of nitrogens with one attached hydrogen (secondary N) is 1. The number of aromatic nitrogens is 2. The molecule has 1 aromatic heterocycles. The van der Waals surface area contributed by atoms with E-state index in [1.54, 1.807) is 24.3 Å². The molecular formula is C18H14N2O4. The maximum Gasteiger partial charge on any atom is 0.259 e. The van der Waals surface area contributed by atoms with E-state index < -0.39 is 0 Å². The van der Waals surface area contributed by atoms with Gasteiger partial charge in [-0.2, -0.15) is 0 Å². The lowest BCUT2D eigenvalue weighted by Crippen LogP contribution is -2.09. The minimum Gasteiger partial charge on any atom is -0.504 e. The fourth-order valence-corrected chi connectivity index (χ4v) is 2.27. The molecule has 0 aliphatic rings. The average molecular weight is 322 g/mol. The number of H-pyrrole nitrogens is 1. The van der Waals surface area contributed by atoms with Crippen LogP contribution in [0.4, 0.5) is 0 Å². The number of allylic oxidation sites excluding steroid dienone is 1. The number of aromatic amines is 1. The summed E-state index contributed by atoms with van der Waals surface area (Å²) in [7, 11) is 1.41. The normalized spacial score (nSPS) is 11.0. The third-order valence-corrected chi connectivity index (χ3v) is 3.49. The van der Waals surface area contributed by atoms with E-state index in [9.17, 15) is 14.7 Å². The largest absolute Gasteiger partial charge is 0.504 e. The van der Waals surface area contributed by atoms with E-state index in [1.807, 2.05) is 0 Å². The zero-order chi connectivity index (χ0) is 17.1. The number of para-hydroxylation sites is 1. The van der Waals surface area contributed by atoms with Crippen LogP contribution in [0, 0.1) is 0 Å². The molecule has 0 unspecified atom stereocenters. The van der Waals surface area contributed by atoms with Crippen LogP contribution in [0.5, 0.6) is 11.5 Å². The molecule has 6 heteroatoms. The minimum atomic E-state index is -0.302. The maximum absolute atomic E-state index is 12.2. The van der Waals surface area contributed by atoms with Crippen molar-refractivity contribution >= 4 is 22.8 Å². The third kappa shape index (κ3) is 3.03. The fraction of sp³-hybridized carbons (Fsp3) is 0.0556. The van der Waals surface area contributed by atoms with Gasteiger partial charge in [0.1, 0.15) is 5.82 Å². The van der Waals surface area contributed by atoms with Gasteiger partial charge in [0.25, 0.3) is 5.56 Å². The molecule has 3 aromatic rings. The first-order chi connectivity index (χ1) is 11.6. The van der Waals surface area contributed by atoms with Gasteiger partial charge >= 0.3 is 0 Å². The number of hydrogen-bond acceptors (Lipinski definition) is 5. The SMILES string of the molecule is COc1cc(C(=O)/C=C/c2nc3ccccc3c(=O)[nH]2)ccc1O. The summed E-state index contributed by atoms with van der Waals surface area (Å²) >= 11 is 0. The average Bonchev–Trinajstić information content (AvgIpc) is 2.60. The van der Waals surface area contributed by atoms with Gasteiger partial charge in [-0.1, -0.05) is 12.1 Å². The zero-order valence-electron chi connectivity index (χ0n) is 12.8. The number of hydrogen-bond donors (Lipinski definition) is 2. The van der Waals surface area contributed by atoms with Gasteiger partial charge in [-0.15, -0.1) is 0 Å². The lowest BCUT2D eigenvalue weighted by molar-refractivity contribution is 0.104. The first-order valence-corrected chi connectivity index (χ1v) is 7.17. The molecule has 0 aliphatic heterocycles. The van der Waals surface area contributed by atoms with Crippen molar-refractivity contribution < 1.29 is 14.6 Å². The van der Waals surface area contributed by atoms with Crippen LogP contribution in [0.15, 0.2) is 53.3 Å². The van der Waals surface area contributed by atoms with Crippen LogP contribution >= 0.6 is 0 Å². The van der Waals surface area contributed by atoms with Crippen molar-refractivity contribution in [2.75, 3.05) is 7.11 Å². The number of fused-ring (bicyclic) bond motifs is 1. The van der Waals surface area contributed by atoms with Gasteiger partial charge in [0.05, 0.1) is 18.0 Å². The van der Waals surface area contributed by atoms with Crippen molar-refractivity contribution in [3.05, 3.63) is 70.3 Å². The summed E-state index contributed by atoms with van der Waals surface area (Å²) in [4.78, 5) is 31.1. The highest BCUT2D eigenvalue weighted by atomic mass is 16.5. The number of phenols is 1. The Hall–Kier alpha value is -3.41. The van der Waals surface area contributed by atoms with Gasteiger partial charge in [-0.05, 0) is 42.5 Å². The van der Waals surface area contributed by atoms with E-state index in [1.165, 1.54) is 37.5 Å².